The van der Waals surface area contributed by atoms with Gasteiger partial charge in [-0.15, -0.1) is 11.3 Å². The molecule has 4 heterocycles. The molecule has 0 radical (unpaired) electrons. The van der Waals surface area contributed by atoms with E-state index < -0.39 is 22.3 Å². The quantitative estimate of drug-likeness (QED) is 0.653. The summed E-state index contributed by atoms with van der Waals surface area (Å²) in [5.41, 5.74) is 1.48. The minimum absolute atomic E-state index is 0.314. The van der Waals surface area contributed by atoms with E-state index in [1.165, 1.54) is 24.6 Å². The highest BCUT2D eigenvalue weighted by atomic mass is 32.2. The zero-order valence-corrected chi connectivity index (χ0v) is 17.4. The number of hydrogen-bond acceptors (Lipinski definition) is 6. The van der Waals surface area contributed by atoms with Crippen LogP contribution >= 0.6 is 11.3 Å². The van der Waals surface area contributed by atoms with Crippen LogP contribution in [-0.4, -0.2) is 46.5 Å². The number of pyridine rings is 1. The number of nitrogens with one attached hydrogen (secondary N) is 2. The molecule has 0 unspecified atom stereocenters. The van der Waals surface area contributed by atoms with E-state index in [2.05, 4.69) is 20.1 Å². The molecule has 1 amide bonds. The van der Waals surface area contributed by atoms with Gasteiger partial charge in [0.15, 0.2) is 0 Å². The molecule has 0 saturated carbocycles. The number of thiophene rings is 1. The van der Waals surface area contributed by atoms with Crippen LogP contribution in [0.5, 0.6) is 0 Å². The Labute approximate surface area is 172 Å². The van der Waals surface area contributed by atoms with Crippen molar-refractivity contribution in [2.24, 2.45) is 7.05 Å². The zero-order chi connectivity index (χ0) is 20.6. The minimum atomic E-state index is -3.80. The third-order valence-electron chi connectivity index (χ3n) is 4.76. The highest BCUT2D eigenvalue weighted by Gasteiger charge is 2.41. The van der Waals surface area contributed by atoms with E-state index in [9.17, 15) is 13.2 Å². The van der Waals surface area contributed by atoms with Gasteiger partial charge in [-0.2, -0.15) is 22.5 Å². The summed E-state index contributed by atoms with van der Waals surface area (Å²) < 4.78 is 30.7. The smallest absolute Gasteiger partial charge is 0.280 e. The Morgan fingerprint density at radius 3 is 2.79 bits per heavy atom. The lowest BCUT2D eigenvalue weighted by Crippen LogP contribution is -2.55. The van der Waals surface area contributed by atoms with Crippen molar-refractivity contribution in [1.29, 1.82) is 0 Å². The molecule has 0 bridgehead atoms. The van der Waals surface area contributed by atoms with Gasteiger partial charge in [0.1, 0.15) is 6.04 Å². The fourth-order valence-electron chi connectivity index (χ4n) is 3.20. The van der Waals surface area contributed by atoms with Crippen molar-refractivity contribution in [3.05, 3.63) is 53.9 Å². The Bertz CT molecular complexity index is 1130. The molecule has 2 N–H and O–H groups in total. The van der Waals surface area contributed by atoms with Crippen LogP contribution in [0.25, 0.3) is 10.4 Å². The number of rotatable bonds is 4. The highest BCUT2D eigenvalue weighted by Crippen LogP contribution is 2.36. The normalized spacial score (nSPS) is 21.7. The van der Waals surface area contributed by atoms with E-state index in [1.807, 2.05) is 25.4 Å². The summed E-state index contributed by atoms with van der Waals surface area (Å²) >= 11 is 1.49. The molecule has 1 fully saturated rings. The maximum absolute atomic E-state index is 12.8. The lowest BCUT2D eigenvalue weighted by Gasteiger charge is -2.35. The molecule has 9 nitrogen and oxygen atoms in total. The fraction of sp³-hybridized carbons (Fsp3) is 0.278. The fourth-order valence-corrected chi connectivity index (χ4v) is 5.59. The van der Waals surface area contributed by atoms with Crippen LogP contribution in [-0.2, 0) is 22.1 Å². The first-order valence-electron chi connectivity index (χ1n) is 8.88. The summed E-state index contributed by atoms with van der Waals surface area (Å²) in [4.78, 5) is 18.6. The van der Waals surface area contributed by atoms with E-state index in [1.54, 1.807) is 29.2 Å². The standard InChI is InChI=1S/C18H20N6O3S2/c1-23-11-12(9-20-23)16-5-6-17(28-16)14-8-15(24(2)29(26,27)22-14)18(25)21-13-4-3-7-19-10-13/h3-7,9-11,14-15,22H,8H2,1-2H3,(H,21,25)/t14-,15+/m0/s1. The molecule has 152 valence electrons. The van der Waals surface area contributed by atoms with Crippen LogP contribution in [0.3, 0.4) is 0 Å². The van der Waals surface area contributed by atoms with Gasteiger partial charge in [0.25, 0.3) is 10.2 Å². The van der Waals surface area contributed by atoms with Crippen molar-refractivity contribution in [3.8, 4) is 10.4 Å². The van der Waals surface area contributed by atoms with E-state index in [0.717, 1.165) is 19.6 Å². The monoisotopic (exact) mass is 432 g/mol. The van der Waals surface area contributed by atoms with Crippen LogP contribution < -0.4 is 10.0 Å². The van der Waals surface area contributed by atoms with Crippen molar-refractivity contribution in [2.75, 3.05) is 12.4 Å². The number of carbonyl (C=O) groups is 1. The highest BCUT2D eigenvalue weighted by molar-refractivity contribution is 7.87. The largest absolute Gasteiger partial charge is 0.323 e. The average Bonchev–Trinajstić information content (AvgIpc) is 3.33. The number of hydrogen-bond donors (Lipinski definition) is 2. The molecule has 2 atom stereocenters. The first-order chi connectivity index (χ1) is 13.8. The van der Waals surface area contributed by atoms with Crippen LogP contribution in [0.2, 0.25) is 0 Å². The Balaban J connectivity index is 1.57. The molecule has 1 aliphatic heterocycles. The number of likely N-dealkylation sites (N-methyl/N-ethyl adjacent to an activating group) is 1. The number of anilines is 1. The predicted molar refractivity (Wildman–Crippen MR) is 110 cm³/mol. The lowest BCUT2D eigenvalue weighted by molar-refractivity contribution is -0.120. The van der Waals surface area contributed by atoms with Gasteiger partial charge in [0, 0.05) is 41.8 Å². The Morgan fingerprint density at radius 1 is 1.28 bits per heavy atom. The molecule has 0 aliphatic carbocycles. The summed E-state index contributed by atoms with van der Waals surface area (Å²) in [6.07, 6.45) is 7.10. The van der Waals surface area contributed by atoms with Crippen LogP contribution in [0.1, 0.15) is 17.3 Å². The molecule has 29 heavy (non-hydrogen) atoms. The topological polar surface area (TPSA) is 109 Å². The molecular formula is C18H20N6O3S2. The second kappa shape index (κ2) is 7.67. The molecule has 4 rings (SSSR count). The van der Waals surface area contributed by atoms with E-state index in [4.69, 9.17) is 0 Å². The van der Waals surface area contributed by atoms with Crippen LogP contribution in [0.4, 0.5) is 5.69 Å². The van der Waals surface area contributed by atoms with Gasteiger partial charge in [-0.05, 0) is 30.7 Å². The number of carbonyl (C=O) groups excluding carboxylic acids is 1. The molecule has 3 aromatic rings. The summed E-state index contributed by atoms with van der Waals surface area (Å²) in [5, 5.41) is 6.91. The first-order valence-corrected chi connectivity index (χ1v) is 11.1. The number of aryl methyl sites for hydroxylation is 1. The zero-order valence-electron chi connectivity index (χ0n) is 15.8. The van der Waals surface area contributed by atoms with E-state index >= 15 is 0 Å². The molecular weight excluding hydrogens is 412 g/mol. The average molecular weight is 433 g/mol. The number of aromatic nitrogens is 3. The van der Waals surface area contributed by atoms with Gasteiger partial charge in [0.2, 0.25) is 5.91 Å². The minimum Gasteiger partial charge on any atom is -0.323 e. The number of amides is 1. The second-order valence-corrected chi connectivity index (χ2v) is 9.66. The van der Waals surface area contributed by atoms with E-state index in [0.29, 0.717) is 12.1 Å². The van der Waals surface area contributed by atoms with Gasteiger partial charge in [-0.1, -0.05) is 0 Å². The first kappa shape index (κ1) is 19.7. The van der Waals surface area contributed by atoms with Gasteiger partial charge in [-0.3, -0.25) is 14.5 Å². The summed E-state index contributed by atoms with van der Waals surface area (Å²) in [6.45, 7) is 0. The Hall–Kier alpha value is -2.60. The van der Waals surface area contributed by atoms with Gasteiger partial charge < -0.3 is 5.32 Å². The van der Waals surface area contributed by atoms with Crippen LogP contribution in [0, 0.1) is 0 Å². The van der Waals surface area contributed by atoms with Gasteiger partial charge in [-0.25, -0.2) is 0 Å². The Kier molecular flexibility index (Phi) is 5.21. The van der Waals surface area contributed by atoms with Crippen molar-refractivity contribution >= 4 is 33.1 Å². The maximum atomic E-state index is 12.8. The molecule has 3 aromatic heterocycles. The molecule has 1 aliphatic rings. The maximum Gasteiger partial charge on any atom is 0.280 e. The van der Waals surface area contributed by atoms with Crippen molar-refractivity contribution in [2.45, 2.75) is 18.5 Å². The third kappa shape index (κ3) is 4.08. The van der Waals surface area contributed by atoms with Gasteiger partial charge >= 0.3 is 0 Å². The number of nitrogens with zero attached hydrogens (tertiary/aromatic N) is 4. The Morgan fingerprint density at radius 2 is 2.10 bits per heavy atom. The molecule has 11 heteroatoms. The SMILES string of the molecule is CN1[C@@H](C(=O)Nc2cccnc2)C[C@@H](c2ccc(-c3cnn(C)c3)s2)NS1(=O)=O. The second-order valence-electron chi connectivity index (χ2n) is 6.78. The summed E-state index contributed by atoms with van der Waals surface area (Å²) in [6, 6.07) is 5.91. The van der Waals surface area contributed by atoms with Crippen molar-refractivity contribution in [1.82, 2.24) is 23.8 Å². The van der Waals surface area contributed by atoms with E-state index in [-0.39, 0.29) is 5.91 Å². The lowest BCUT2D eigenvalue weighted by atomic mass is 10.1. The van der Waals surface area contributed by atoms with Crippen molar-refractivity contribution in [3.63, 3.8) is 0 Å². The summed E-state index contributed by atoms with van der Waals surface area (Å²) in [5.74, 6) is -0.389. The third-order valence-corrected chi connectivity index (χ3v) is 7.60. The predicted octanol–water partition coefficient (Wildman–Crippen LogP) is 1.76. The molecule has 0 aromatic carbocycles. The summed E-state index contributed by atoms with van der Waals surface area (Å²) in [7, 11) is -0.553. The molecule has 0 spiro atoms. The van der Waals surface area contributed by atoms with Crippen LogP contribution in [0.15, 0.2) is 49.1 Å². The van der Waals surface area contributed by atoms with Crippen molar-refractivity contribution < 1.29 is 13.2 Å². The molecule has 1 saturated heterocycles. The van der Waals surface area contributed by atoms with Gasteiger partial charge in [0.05, 0.1) is 24.1 Å².